The average Bonchev–Trinajstić information content (AvgIpc) is 2.42. The Bertz CT molecular complexity index is 655. The Balaban J connectivity index is 2.08. The largest absolute Gasteiger partial charge is 0.468 e. The van der Waals surface area contributed by atoms with Gasteiger partial charge in [-0.25, -0.2) is 4.98 Å². The van der Waals surface area contributed by atoms with Gasteiger partial charge < -0.3 is 10.1 Å². The van der Waals surface area contributed by atoms with Gasteiger partial charge in [0.1, 0.15) is 0 Å². The lowest BCUT2D eigenvalue weighted by atomic mass is 10.3. The molecule has 5 nitrogen and oxygen atoms in total. The number of para-hydroxylation sites is 1. The Morgan fingerprint density at radius 1 is 1.40 bits per heavy atom. The van der Waals surface area contributed by atoms with E-state index >= 15 is 0 Å². The van der Waals surface area contributed by atoms with Crippen molar-refractivity contribution < 1.29 is 4.74 Å². The van der Waals surface area contributed by atoms with Crippen molar-refractivity contribution in [1.82, 2.24) is 9.55 Å². The zero-order valence-corrected chi connectivity index (χ0v) is 13.0. The highest BCUT2D eigenvalue weighted by molar-refractivity contribution is 9.10. The molecule has 2 rings (SSSR count). The molecule has 0 amide bonds. The van der Waals surface area contributed by atoms with E-state index in [1.54, 1.807) is 6.92 Å². The summed E-state index contributed by atoms with van der Waals surface area (Å²) in [5.74, 6) is 0. The first kappa shape index (κ1) is 14.6. The summed E-state index contributed by atoms with van der Waals surface area (Å²) < 4.78 is 7.65. The zero-order chi connectivity index (χ0) is 14.5. The minimum atomic E-state index is -0.108. The van der Waals surface area contributed by atoms with Crippen LogP contribution in [-0.2, 0) is 6.54 Å². The lowest BCUT2D eigenvalue weighted by Crippen LogP contribution is -2.26. The number of rotatable bonds is 5. The molecule has 0 spiro atoms. The van der Waals surface area contributed by atoms with E-state index in [9.17, 15) is 4.79 Å². The lowest BCUT2D eigenvalue weighted by Gasteiger charge is -2.12. The van der Waals surface area contributed by atoms with E-state index in [1.165, 1.54) is 17.7 Å². The van der Waals surface area contributed by atoms with Crippen LogP contribution in [0.15, 0.2) is 39.6 Å². The second-order valence-corrected chi connectivity index (χ2v) is 5.14. The molecule has 106 valence electrons. The number of nitrogens with zero attached hydrogens (tertiary/aromatic N) is 2. The Morgan fingerprint density at radius 2 is 2.15 bits per heavy atom. The fourth-order valence-corrected chi connectivity index (χ4v) is 2.29. The van der Waals surface area contributed by atoms with Crippen LogP contribution in [0.4, 0.5) is 5.69 Å². The van der Waals surface area contributed by atoms with Crippen LogP contribution in [0.5, 0.6) is 6.01 Å². The number of aromatic nitrogens is 2. The van der Waals surface area contributed by atoms with Gasteiger partial charge in [0.05, 0.1) is 7.11 Å². The summed E-state index contributed by atoms with van der Waals surface area (Å²) >= 11 is 3.47. The SMILES string of the molecule is COc1nc(C)cc(=O)n1CCNc1ccccc1Br. The zero-order valence-electron chi connectivity index (χ0n) is 11.4. The van der Waals surface area contributed by atoms with Crippen molar-refractivity contribution in [2.75, 3.05) is 19.0 Å². The number of anilines is 1. The maximum absolute atomic E-state index is 11.9. The summed E-state index contributed by atoms with van der Waals surface area (Å²) in [4.78, 5) is 16.1. The van der Waals surface area contributed by atoms with E-state index in [0.717, 1.165) is 10.2 Å². The monoisotopic (exact) mass is 337 g/mol. The van der Waals surface area contributed by atoms with Crippen molar-refractivity contribution in [2.24, 2.45) is 0 Å². The van der Waals surface area contributed by atoms with Crippen LogP contribution >= 0.6 is 15.9 Å². The van der Waals surface area contributed by atoms with Crippen LogP contribution < -0.4 is 15.6 Å². The molecule has 2 aromatic rings. The molecule has 1 aromatic carbocycles. The van der Waals surface area contributed by atoms with E-state index in [2.05, 4.69) is 26.2 Å². The number of hydrogen-bond donors (Lipinski definition) is 1. The molecule has 0 saturated carbocycles. The van der Waals surface area contributed by atoms with Crippen LogP contribution in [0.1, 0.15) is 5.69 Å². The Kier molecular flexibility index (Phi) is 4.79. The average molecular weight is 338 g/mol. The molecule has 0 saturated heterocycles. The predicted molar refractivity (Wildman–Crippen MR) is 82.4 cm³/mol. The van der Waals surface area contributed by atoms with Gasteiger partial charge in [-0.3, -0.25) is 9.36 Å². The quantitative estimate of drug-likeness (QED) is 0.910. The Labute approximate surface area is 125 Å². The minimum absolute atomic E-state index is 0.108. The van der Waals surface area contributed by atoms with Crippen molar-refractivity contribution in [2.45, 2.75) is 13.5 Å². The highest BCUT2D eigenvalue weighted by Crippen LogP contribution is 2.20. The lowest BCUT2D eigenvalue weighted by molar-refractivity contribution is 0.346. The number of ether oxygens (including phenoxy) is 1. The molecule has 0 aliphatic heterocycles. The maximum Gasteiger partial charge on any atom is 0.299 e. The number of nitrogens with one attached hydrogen (secondary N) is 1. The number of aryl methyl sites for hydroxylation is 1. The predicted octanol–water partition coefficient (Wildman–Crippen LogP) is 2.43. The van der Waals surface area contributed by atoms with Gasteiger partial charge >= 0.3 is 0 Å². The third-order valence-electron chi connectivity index (χ3n) is 2.81. The highest BCUT2D eigenvalue weighted by atomic mass is 79.9. The highest BCUT2D eigenvalue weighted by Gasteiger charge is 2.07. The fourth-order valence-electron chi connectivity index (χ4n) is 1.86. The van der Waals surface area contributed by atoms with E-state index in [-0.39, 0.29) is 5.56 Å². The molecule has 1 aromatic heterocycles. The molecule has 0 aliphatic carbocycles. The first-order valence-electron chi connectivity index (χ1n) is 6.22. The standard InChI is InChI=1S/C14H16BrN3O2/c1-10-9-13(19)18(14(17-10)20-2)8-7-16-12-6-4-3-5-11(12)15/h3-6,9,16H,7-8H2,1-2H3. The molecule has 20 heavy (non-hydrogen) atoms. The molecular formula is C14H16BrN3O2. The molecular weight excluding hydrogens is 322 g/mol. The molecule has 0 unspecified atom stereocenters. The fraction of sp³-hybridized carbons (Fsp3) is 0.286. The topological polar surface area (TPSA) is 56.1 Å². The first-order chi connectivity index (χ1) is 9.61. The van der Waals surface area contributed by atoms with Crippen molar-refractivity contribution in [3.63, 3.8) is 0 Å². The number of methoxy groups -OCH3 is 1. The van der Waals surface area contributed by atoms with E-state index in [0.29, 0.717) is 24.8 Å². The van der Waals surface area contributed by atoms with E-state index < -0.39 is 0 Å². The van der Waals surface area contributed by atoms with Crippen molar-refractivity contribution in [1.29, 1.82) is 0 Å². The first-order valence-corrected chi connectivity index (χ1v) is 7.02. The second kappa shape index (κ2) is 6.56. The number of hydrogen-bond acceptors (Lipinski definition) is 4. The van der Waals surface area contributed by atoms with Gasteiger partial charge in [0.25, 0.3) is 11.6 Å². The van der Waals surface area contributed by atoms with Crippen LogP contribution in [0.3, 0.4) is 0 Å². The Morgan fingerprint density at radius 3 is 2.85 bits per heavy atom. The van der Waals surface area contributed by atoms with Gasteiger partial charge in [-0.15, -0.1) is 0 Å². The summed E-state index contributed by atoms with van der Waals surface area (Å²) in [6.45, 7) is 2.85. The van der Waals surface area contributed by atoms with Gasteiger partial charge in [0.2, 0.25) is 0 Å². The molecule has 0 atom stereocenters. The van der Waals surface area contributed by atoms with E-state index in [4.69, 9.17) is 4.74 Å². The van der Waals surface area contributed by atoms with Crippen LogP contribution in [-0.4, -0.2) is 23.2 Å². The van der Waals surface area contributed by atoms with E-state index in [1.807, 2.05) is 24.3 Å². The molecule has 1 N–H and O–H groups in total. The summed E-state index contributed by atoms with van der Waals surface area (Å²) in [5, 5.41) is 3.26. The second-order valence-electron chi connectivity index (χ2n) is 4.28. The van der Waals surface area contributed by atoms with Crippen LogP contribution in [0, 0.1) is 6.92 Å². The van der Waals surface area contributed by atoms with Gasteiger partial charge in [0.15, 0.2) is 0 Å². The summed E-state index contributed by atoms with van der Waals surface area (Å²) in [6.07, 6.45) is 0. The minimum Gasteiger partial charge on any atom is -0.468 e. The van der Waals surface area contributed by atoms with Crippen molar-refractivity contribution in [3.8, 4) is 6.01 Å². The van der Waals surface area contributed by atoms with Crippen molar-refractivity contribution >= 4 is 21.6 Å². The number of benzene rings is 1. The summed E-state index contributed by atoms with van der Waals surface area (Å²) in [5.41, 5.74) is 1.53. The van der Waals surface area contributed by atoms with Crippen molar-refractivity contribution in [3.05, 3.63) is 50.9 Å². The van der Waals surface area contributed by atoms with Gasteiger partial charge in [-0.2, -0.15) is 0 Å². The van der Waals surface area contributed by atoms with Gasteiger partial charge in [-0.05, 0) is 35.0 Å². The Hall–Kier alpha value is -1.82. The molecule has 0 fully saturated rings. The normalized spacial score (nSPS) is 10.3. The molecule has 0 aliphatic rings. The summed E-state index contributed by atoms with van der Waals surface area (Å²) in [6, 6.07) is 9.67. The maximum atomic E-state index is 11.9. The molecule has 0 radical (unpaired) electrons. The number of halogens is 1. The van der Waals surface area contributed by atoms with Crippen LogP contribution in [0.25, 0.3) is 0 Å². The molecule has 0 bridgehead atoms. The van der Waals surface area contributed by atoms with Gasteiger partial charge in [0, 0.05) is 35.0 Å². The molecule has 6 heteroatoms. The third-order valence-corrected chi connectivity index (χ3v) is 3.50. The van der Waals surface area contributed by atoms with Gasteiger partial charge in [-0.1, -0.05) is 12.1 Å². The summed E-state index contributed by atoms with van der Waals surface area (Å²) in [7, 11) is 1.51. The smallest absolute Gasteiger partial charge is 0.299 e. The third kappa shape index (κ3) is 3.39. The molecule has 1 heterocycles. The van der Waals surface area contributed by atoms with Crippen LogP contribution in [0.2, 0.25) is 0 Å².